The van der Waals surface area contributed by atoms with Gasteiger partial charge in [-0.25, -0.2) is 4.98 Å². The van der Waals surface area contributed by atoms with Gasteiger partial charge in [0, 0.05) is 32.1 Å². The Labute approximate surface area is 81.9 Å². The minimum atomic E-state index is 0.191. The van der Waals surface area contributed by atoms with Crippen LogP contribution in [0.3, 0.4) is 0 Å². The average molecular weight is 189 g/mol. The van der Waals surface area contributed by atoms with Crippen LogP contribution in [-0.2, 0) is 13.5 Å². The number of hydrogen-bond donors (Lipinski definition) is 1. The lowest BCUT2D eigenvalue weighted by molar-refractivity contribution is 0.472. The molecule has 0 saturated heterocycles. The largest absolute Gasteiger partial charge is 0.506 e. The van der Waals surface area contributed by atoms with Crippen molar-refractivity contribution in [1.29, 1.82) is 0 Å². The molecule has 2 aromatic heterocycles. The first-order valence-electron chi connectivity index (χ1n) is 4.35. The Morgan fingerprint density at radius 3 is 2.93 bits per heavy atom. The normalized spacial score (nSPS) is 10.4. The van der Waals surface area contributed by atoms with E-state index in [9.17, 15) is 5.11 Å². The van der Waals surface area contributed by atoms with E-state index in [1.807, 2.05) is 17.8 Å². The summed E-state index contributed by atoms with van der Waals surface area (Å²) in [5.41, 5.74) is 0.958. The van der Waals surface area contributed by atoms with Crippen LogP contribution in [0, 0.1) is 0 Å². The van der Waals surface area contributed by atoms with E-state index < -0.39 is 0 Å². The van der Waals surface area contributed by atoms with Crippen molar-refractivity contribution in [2.45, 2.75) is 6.42 Å². The molecule has 0 aliphatic carbocycles. The second kappa shape index (κ2) is 3.49. The smallest absolute Gasteiger partial charge is 0.134 e. The number of nitrogens with zero attached hydrogens (tertiary/aromatic N) is 3. The molecule has 0 radical (unpaired) electrons. The summed E-state index contributed by atoms with van der Waals surface area (Å²) in [6.07, 6.45) is 7.48. The lowest BCUT2D eigenvalue weighted by atomic mass is 10.2. The Kier molecular flexibility index (Phi) is 2.18. The molecule has 4 heteroatoms. The zero-order valence-electron chi connectivity index (χ0n) is 7.88. The van der Waals surface area contributed by atoms with Gasteiger partial charge in [0.2, 0.25) is 0 Å². The number of aromatic hydroxyl groups is 1. The maximum atomic E-state index is 9.22. The van der Waals surface area contributed by atoms with Gasteiger partial charge in [-0.2, -0.15) is 0 Å². The average Bonchev–Trinajstić information content (AvgIpc) is 2.52. The minimum Gasteiger partial charge on any atom is -0.506 e. The molecule has 0 unspecified atom stereocenters. The summed E-state index contributed by atoms with van der Waals surface area (Å²) in [5, 5.41) is 9.22. The Morgan fingerprint density at radius 2 is 2.29 bits per heavy atom. The lowest BCUT2D eigenvalue weighted by Crippen LogP contribution is -1.98. The summed E-state index contributed by atoms with van der Waals surface area (Å²) < 4.78 is 1.95. The molecule has 0 saturated carbocycles. The van der Waals surface area contributed by atoms with Gasteiger partial charge in [-0.3, -0.25) is 4.98 Å². The third kappa shape index (κ3) is 1.74. The van der Waals surface area contributed by atoms with Gasteiger partial charge in [0.15, 0.2) is 0 Å². The van der Waals surface area contributed by atoms with Crippen LogP contribution < -0.4 is 0 Å². The molecule has 1 N–H and O–H groups in total. The summed E-state index contributed by atoms with van der Waals surface area (Å²) in [6.45, 7) is 0. The van der Waals surface area contributed by atoms with E-state index in [4.69, 9.17) is 0 Å². The third-order valence-electron chi connectivity index (χ3n) is 2.06. The number of pyridine rings is 1. The second-order valence-corrected chi connectivity index (χ2v) is 3.18. The van der Waals surface area contributed by atoms with Crippen molar-refractivity contribution >= 4 is 0 Å². The van der Waals surface area contributed by atoms with Crippen LogP contribution in [0.4, 0.5) is 0 Å². The molecule has 2 aromatic rings. The minimum absolute atomic E-state index is 0.191. The van der Waals surface area contributed by atoms with Crippen molar-refractivity contribution in [1.82, 2.24) is 14.5 Å². The molecule has 0 aliphatic rings. The van der Waals surface area contributed by atoms with Gasteiger partial charge >= 0.3 is 0 Å². The maximum absolute atomic E-state index is 9.22. The van der Waals surface area contributed by atoms with Crippen molar-refractivity contribution in [3.8, 4) is 5.75 Å². The van der Waals surface area contributed by atoms with Crippen LogP contribution in [0.2, 0.25) is 0 Å². The van der Waals surface area contributed by atoms with Crippen LogP contribution in [-0.4, -0.2) is 19.6 Å². The SMILES string of the molecule is Cn1ccnc1Cc1cncc(O)c1. The fourth-order valence-electron chi connectivity index (χ4n) is 1.32. The molecule has 0 aromatic carbocycles. The standard InChI is InChI=1S/C10H11N3O/c1-13-3-2-12-10(13)5-8-4-9(14)7-11-6-8/h2-4,6-7,14H,5H2,1H3. The molecule has 0 bridgehead atoms. The van der Waals surface area contributed by atoms with Gasteiger partial charge in [0.25, 0.3) is 0 Å². The van der Waals surface area contributed by atoms with Crippen LogP contribution in [0.15, 0.2) is 30.9 Å². The number of rotatable bonds is 2. The molecular formula is C10H11N3O. The highest BCUT2D eigenvalue weighted by Gasteiger charge is 2.01. The fourth-order valence-corrected chi connectivity index (χ4v) is 1.32. The van der Waals surface area contributed by atoms with Crippen LogP contribution in [0.5, 0.6) is 5.75 Å². The Balaban J connectivity index is 2.23. The fraction of sp³-hybridized carbons (Fsp3) is 0.200. The van der Waals surface area contributed by atoms with Crippen LogP contribution >= 0.6 is 0 Å². The van der Waals surface area contributed by atoms with Gasteiger partial charge in [-0.15, -0.1) is 0 Å². The third-order valence-corrected chi connectivity index (χ3v) is 2.06. The number of aryl methyl sites for hydroxylation is 1. The Bertz CT molecular complexity index is 436. The number of aromatic nitrogens is 3. The Morgan fingerprint density at radius 1 is 1.43 bits per heavy atom. The first-order valence-corrected chi connectivity index (χ1v) is 4.35. The Hall–Kier alpha value is -1.84. The maximum Gasteiger partial charge on any atom is 0.134 e. The van der Waals surface area contributed by atoms with Gasteiger partial charge < -0.3 is 9.67 Å². The summed E-state index contributed by atoms with van der Waals surface area (Å²) in [6, 6.07) is 1.70. The van der Waals surface area contributed by atoms with E-state index in [0.29, 0.717) is 6.42 Å². The summed E-state index contributed by atoms with van der Waals surface area (Å²) in [5.74, 6) is 1.15. The van der Waals surface area contributed by atoms with Crippen molar-refractivity contribution in [2.24, 2.45) is 7.05 Å². The van der Waals surface area contributed by atoms with Crippen molar-refractivity contribution < 1.29 is 5.11 Å². The van der Waals surface area contributed by atoms with E-state index >= 15 is 0 Å². The highest BCUT2D eigenvalue weighted by Crippen LogP contribution is 2.11. The molecule has 0 atom stereocenters. The molecular weight excluding hydrogens is 178 g/mol. The molecule has 4 nitrogen and oxygen atoms in total. The van der Waals surface area contributed by atoms with Crippen LogP contribution in [0.1, 0.15) is 11.4 Å². The zero-order valence-corrected chi connectivity index (χ0v) is 7.88. The number of hydrogen-bond acceptors (Lipinski definition) is 3. The molecule has 72 valence electrons. The molecule has 0 aliphatic heterocycles. The molecule has 0 spiro atoms. The van der Waals surface area contributed by atoms with Crippen molar-refractivity contribution in [2.75, 3.05) is 0 Å². The lowest BCUT2D eigenvalue weighted by Gasteiger charge is -2.01. The second-order valence-electron chi connectivity index (χ2n) is 3.18. The van der Waals surface area contributed by atoms with Crippen LogP contribution in [0.25, 0.3) is 0 Å². The first kappa shape index (κ1) is 8.74. The molecule has 14 heavy (non-hydrogen) atoms. The predicted molar refractivity (Wildman–Crippen MR) is 51.9 cm³/mol. The monoisotopic (exact) mass is 189 g/mol. The molecule has 0 fully saturated rings. The highest BCUT2D eigenvalue weighted by molar-refractivity contribution is 5.24. The van der Waals surface area contributed by atoms with Gasteiger partial charge in [-0.1, -0.05) is 0 Å². The first-order chi connectivity index (χ1) is 6.75. The van der Waals surface area contributed by atoms with E-state index in [-0.39, 0.29) is 5.75 Å². The van der Waals surface area contributed by atoms with Gasteiger partial charge in [0.1, 0.15) is 11.6 Å². The summed E-state index contributed by atoms with van der Waals surface area (Å²) >= 11 is 0. The zero-order chi connectivity index (χ0) is 9.97. The van der Waals surface area contributed by atoms with Crippen molar-refractivity contribution in [3.63, 3.8) is 0 Å². The summed E-state index contributed by atoms with van der Waals surface area (Å²) in [7, 11) is 1.94. The van der Waals surface area contributed by atoms with E-state index in [1.54, 1.807) is 18.5 Å². The predicted octanol–water partition coefficient (Wildman–Crippen LogP) is 1.11. The number of imidazole rings is 1. The topological polar surface area (TPSA) is 50.9 Å². The van der Waals surface area contributed by atoms with Gasteiger partial charge in [-0.05, 0) is 11.6 Å². The molecule has 2 rings (SSSR count). The van der Waals surface area contributed by atoms with Gasteiger partial charge in [0.05, 0.1) is 6.20 Å². The highest BCUT2D eigenvalue weighted by atomic mass is 16.3. The van der Waals surface area contributed by atoms with Crippen molar-refractivity contribution in [3.05, 3.63) is 42.2 Å². The van der Waals surface area contributed by atoms with E-state index in [2.05, 4.69) is 9.97 Å². The molecule has 2 heterocycles. The van der Waals surface area contributed by atoms with E-state index in [0.717, 1.165) is 11.4 Å². The van der Waals surface area contributed by atoms with E-state index in [1.165, 1.54) is 6.20 Å². The molecule has 0 amide bonds. The quantitative estimate of drug-likeness (QED) is 0.770. The summed E-state index contributed by atoms with van der Waals surface area (Å²) in [4.78, 5) is 8.10.